The van der Waals surface area contributed by atoms with Gasteiger partial charge in [0.15, 0.2) is 29.1 Å². The first-order valence-electron chi connectivity index (χ1n) is 11.8. The van der Waals surface area contributed by atoms with Crippen molar-refractivity contribution in [2.75, 3.05) is 38.7 Å². The molecule has 1 aromatic carbocycles. The summed E-state index contributed by atoms with van der Waals surface area (Å²) >= 11 is 0. The first kappa shape index (κ1) is 25.4. The Balaban J connectivity index is 1.48. The molecule has 5 N–H and O–H groups in total. The zero-order valence-corrected chi connectivity index (χ0v) is 21.2. The molecule has 0 unspecified atom stereocenters. The van der Waals surface area contributed by atoms with E-state index in [2.05, 4.69) is 56.9 Å². The largest absolute Gasteiger partial charge is 0.440 e. The molecule has 1 fully saturated rings. The third kappa shape index (κ3) is 5.76. The number of H-pyrrole nitrogens is 2. The standard InChI is InChI=1S/C24H33F2N9O/c1-14-10-15-22(26)17(11-16(25)23(15)28-14)36-19(27)13-21(35-8-6-34(5)7-9-35)32-33-31-20-12-18(29-30-20)24(2,3)4/h10-12,27-28,33H,6-9,13H2,1-5H3,(H2,29,30,31)/b27-19?,32-21-. The maximum Gasteiger partial charge on any atom is 0.195 e. The minimum absolute atomic E-state index is 0.0164. The van der Waals surface area contributed by atoms with Crippen molar-refractivity contribution < 1.29 is 13.5 Å². The Labute approximate surface area is 208 Å². The molecule has 0 radical (unpaired) electrons. The zero-order chi connectivity index (χ0) is 26.0. The summed E-state index contributed by atoms with van der Waals surface area (Å²) in [5, 5.41) is 20.1. The predicted molar refractivity (Wildman–Crippen MR) is 136 cm³/mol. The van der Waals surface area contributed by atoms with Crippen molar-refractivity contribution in [2.24, 2.45) is 5.10 Å². The van der Waals surface area contributed by atoms with Gasteiger partial charge in [0.25, 0.3) is 0 Å². The molecule has 3 aromatic rings. The van der Waals surface area contributed by atoms with Crippen LogP contribution in [0.3, 0.4) is 0 Å². The average Bonchev–Trinajstić information content (AvgIpc) is 3.44. The molecule has 1 aliphatic heterocycles. The number of aromatic amines is 2. The average molecular weight is 502 g/mol. The number of nitrogens with zero attached hydrogens (tertiary/aromatic N) is 4. The van der Waals surface area contributed by atoms with E-state index in [1.807, 2.05) is 18.0 Å². The number of piperazine rings is 1. The number of nitrogens with one attached hydrogen (secondary N) is 5. The Morgan fingerprint density at radius 3 is 2.58 bits per heavy atom. The van der Waals surface area contributed by atoms with E-state index >= 15 is 0 Å². The summed E-state index contributed by atoms with van der Waals surface area (Å²) in [4.78, 5) is 7.03. The minimum atomic E-state index is -0.716. The molecule has 1 saturated heterocycles. The number of benzene rings is 1. The Morgan fingerprint density at radius 1 is 1.19 bits per heavy atom. The molecule has 0 amide bonds. The molecule has 0 bridgehead atoms. The van der Waals surface area contributed by atoms with Crippen LogP contribution in [0.1, 0.15) is 38.6 Å². The van der Waals surface area contributed by atoms with E-state index in [-0.39, 0.29) is 34.4 Å². The monoisotopic (exact) mass is 501 g/mol. The molecule has 1 aliphatic rings. The predicted octanol–water partition coefficient (Wildman–Crippen LogP) is 3.70. The highest BCUT2D eigenvalue weighted by atomic mass is 19.1. The number of rotatable bonds is 6. The fraction of sp³-hybridized carbons (Fsp3) is 0.458. The van der Waals surface area contributed by atoms with Crippen LogP contribution < -0.4 is 15.7 Å². The molecule has 12 heteroatoms. The van der Waals surface area contributed by atoms with Crippen molar-refractivity contribution in [1.82, 2.24) is 30.5 Å². The first-order valence-corrected chi connectivity index (χ1v) is 11.8. The third-order valence-corrected chi connectivity index (χ3v) is 6.08. The second-order valence-corrected chi connectivity index (χ2v) is 10.1. The van der Waals surface area contributed by atoms with Crippen LogP contribution in [0.25, 0.3) is 10.9 Å². The molecular formula is C24H33F2N9O. The molecule has 2 aromatic heterocycles. The van der Waals surface area contributed by atoms with E-state index in [4.69, 9.17) is 10.1 Å². The van der Waals surface area contributed by atoms with Gasteiger partial charge in [-0.15, -0.1) is 5.10 Å². The van der Waals surface area contributed by atoms with Gasteiger partial charge in [-0.05, 0) is 20.0 Å². The van der Waals surface area contributed by atoms with Crippen molar-refractivity contribution in [3.63, 3.8) is 0 Å². The van der Waals surface area contributed by atoms with Gasteiger partial charge in [-0.2, -0.15) is 5.10 Å². The van der Waals surface area contributed by atoms with Crippen LogP contribution in [0, 0.1) is 24.0 Å². The smallest absolute Gasteiger partial charge is 0.195 e. The van der Waals surface area contributed by atoms with E-state index in [0.29, 0.717) is 30.4 Å². The Kier molecular flexibility index (Phi) is 7.16. The molecule has 0 atom stereocenters. The number of anilines is 1. The van der Waals surface area contributed by atoms with Crippen molar-refractivity contribution >= 4 is 28.5 Å². The quantitative estimate of drug-likeness (QED) is 0.200. The molecule has 3 heterocycles. The number of aromatic nitrogens is 3. The van der Waals surface area contributed by atoms with Gasteiger partial charge in [-0.3, -0.25) is 15.9 Å². The fourth-order valence-corrected chi connectivity index (χ4v) is 3.93. The van der Waals surface area contributed by atoms with Gasteiger partial charge >= 0.3 is 0 Å². The minimum Gasteiger partial charge on any atom is -0.440 e. The van der Waals surface area contributed by atoms with Crippen LogP contribution >= 0.6 is 0 Å². The maximum absolute atomic E-state index is 14.9. The SMILES string of the molecule is Cc1cc2c(F)c(OC(=N)C/C(=N/NNc3cc(C(C)(C)C)[nH]n3)N3CCN(C)CC3)cc(F)c2[nH]1. The molecule has 0 spiro atoms. The molecule has 36 heavy (non-hydrogen) atoms. The Morgan fingerprint density at radius 2 is 1.92 bits per heavy atom. The lowest BCUT2D eigenvalue weighted by molar-refractivity contribution is 0.213. The van der Waals surface area contributed by atoms with Crippen LogP contribution in [0.5, 0.6) is 5.75 Å². The van der Waals surface area contributed by atoms with E-state index < -0.39 is 11.6 Å². The topological polar surface area (TPSA) is 120 Å². The number of hydrazone groups is 1. The van der Waals surface area contributed by atoms with Crippen molar-refractivity contribution in [1.29, 1.82) is 5.41 Å². The normalized spacial score (nSPS) is 15.4. The van der Waals surface area contributed by atoms with E-state index in [1.54, 1.807) is 6.92 Å². The van der Waals surface area contributed by atoms with Crippen LogP contribution in [0.15, 0.2) is 23.3 Å². The Hall–Kier alpha value is -3.67. The van der Waals surface area contributed by atoms with Gasteiger partial charge in [0.05, 0.1) is 11.9 Å². The number of aryl methyl sites for hydroxylation is 1. The van der Waals surface area contributed by atoms with E-state index in [1.165, 1.54) is 6.07 Å². The van der Waals surface area contributed by atoms with Crippen molar-refractivity contribution in [3.05, 3.63) is 41.2 Å². The summed E-state index contributed by atoms with van der Waals surface area (Å²) in [5.74, 6) is -0.846. The number of hydrogen-bond acceptors (Lipinski definition) is 7. The van der Waals surface area contributed by atoms with Gasteiger partial charge in [0, 0.05) is 60.5 Å². The van der Waals surface area contributed by atoms with Crippen LogP contribution in [0.2, 0.25) is 0 Å². The number of hydrogen-bond donors (Lipinski definition) is 5. The van der Waals surface area contributed by atoms with Gasteiger partial charge in [0.1, 0.15) is 5.84 Å². The second kappa shape index (κ2) is 10.1. The van der Waals surface area contributed by atoms with E-state index in [9.17, 15) is 8.78 Å². The van der Waals surface area contributed by atoms with Crippen LogP contribution in [-0.4, -0.2) is 69.9 Å². The summed E-state index contributed by atoms with van der Waals surface area (Å²) in [6.45, 7) is 11.0. The zero-order valence-electron chi connectivity index (χ0n) is 21.2. The summed E-state index contributed by atoms with van der Waals surface area (Å²) in [6.07, 6.45) is -0.0164. The third-order valence-electron chi connectivity index (χ3n) is 6.08. The van der Waals surface area contributed by atoms with E-state index in [0.717, 1.165) is 24.8 Å². The van der Waals surface area contributed by atoms with Crippen LogP contribution in [-0.2, 0) is 5.41 Å². The Bertz CT molecular complexity index is 1270. The number of hydrazine groups is 1. The highest BCUT2D eigenvalue weighted by molar-refractivity contribution is 5.99. The van der Waals surface area contributed by atoms with Gasteiger partial charge in [-0.25, -0.2) is 14.3 Å². The number of likely N-dealkylation sites (N-methyl/N-ethyl adjacent to an activating group) is 1. The number of halogens is 2. The summed E-state index contributed by atoms with van der Waals surface area (Å²) in [7, 11) is 2.04. The van der Waals surface area contributed by atoms with Gasteiger partial charge in [-0.1, -0.05) is 20.8 Å². The van der Waals surface area contributed by atoms with Crippen LogP contribution in [0.4, 0.5) is 14.6 Å². The molecule has 194 valence electrons. The highest BCUT2D eigenvalue weighted by Crippen LogP contribution is 2.30. The number of amidine groups is 1. The molecule has 10 nitrogen and oxygen atoms in total. The van der Waals surface area contributed by atoms with Crippen molar-refractivity contribution in [3.8, 4) is 5.75 Å². The summed E-state index contributed by atoms with van der Waals surface area (Å²) in [5.41, 5.74) is 7.33. The number of fused-ring (bicyclic) bond motifs is 1. The summed E-state index contributed by atoms with van der Waals surface area (Å²) < 4.78 is 34.9. The maximum atomic E-state index is 14.9. The van der Waals surface area contributed by atoms with Gasteiger partial charge < -0.3 is 19.5 Å². The van der Waals surface area contributed by atoms with Crippen molar-refractivity contribution in [2.45, 2.75) is 39.5 Å². The lowest BCUT2D eigenvalue weighted by atomic mass is 9.92. The number of ether oxygens (including phenoxy) is 1. The second-order valence-electron chi connectivity index (χ2n) is 10.1. The molecule has 0 saturated carbocycles. The molecular weight excluding hydrogens is 468 g/mol. The lowest BCUT2D eigenvalue weighted by Crippen LogP contribution is -2.48. The summed E-state index contributed by atoms with van der Waals surface area (Å²) in [6, 6.07) is 4.36. The fourth-order valence-electron chi connectivity index (χ4n) is 3.93. The molecule has 4 rings (SSSR count). The first-order chi connectivity index (χ1) is 17.0. The van der Waals surface area contributed by atoms with Gasteiger partial charge in [0.2, 0.25) is 0 Å². The lowest BCUT2D eigenvalue weighted by Gasteiger charge is -2.34. The highest BCUT2D eigenvalue weighted by Gasteiger charge is 2.22. The molecule has 0 aliphatic carbocycles.